The molecule has 3 rings (SSSR count). The molecule has 114 valence electrons. The number of piperidine rings is 1. The zero-order valence-electron chi connectivity index (χ0n) is 11.8. The number of carbonyl (C=O) groups is 2. The van der Waals surface area contributed by atoms with Crippen molar-refractivity contribution in [3.8, 4) is 0 Å². The van der Waals surface area contributed by atoms with Crippen LogP contribution in [0.3, 0.4) is 0 Å². The van der Waals surface area contributed by atoms with Crippen LogP contribution >= 0.6 is 0 Å². The van der Waals surface area contributed by atoms with Crippen molar-refractivity contribution in [3.63, 3.8) is 0 Å². The Hall–Kier alpha value is -1.85. The van der Waals surface area contributed by atoms with Crippen LogP contribution in [-0.2, 0) is 4.79 Å². The second-order valence-corrected chi connectivity index (χ2v) is 5.67. The molecule has 0 N–H and O–H groups in total. The van der Waals surface area contributed by atoms with Crippen molar-refractivity contribution in [2.45, 2.75) is 37.9 Å². The van der Waals surface area contributed by atoms with E-state index in [0.717, 1.165) is 19.3 Å². The summed E-state index contributed by atoms with van der Waals surface area (Å²) < 4.78 is 18.8. The predicted molar refractivity (Wildman–Crippen MR) is 73.5 cm³/mol. The SMILES string of the molecule is O=C([C@@H]1C[C@H](F)CN1C(=O)c1ccco1)N1CCCCC1. The second-order valence-electron chi connectivity index (χ2n) is 5.67. The van der Waals surface area contributed by atoms with E-state index in [0.29, 0.717) is 13.1 Å². The van der Waals surface area contributed by atoms with E-state index in [1.165, 1.54) is 17.2 Å². The zero-order valence-corrected chi connectivity index (χ0v) is 11.8. The van der Waals surface area contributed by atoms with Gasteiger partial charge in [0.15, 0.2) is 5.76 Å². The number of halogens is 1. The first kappa shape index (κ1) is 14.1. The van der Waals surface area contributed by atoms with Gasteiger partial charge < -0.3 is 14.2 Å². The highest BCUT2D eigenvalue weighted by Gasteiger charge is 2.42. The fraction of sp³-hybridized carbons (Fsp3) is 0.600. The lowest BCUT2D eigenvalue weighted by Crippen LogP contribution is -2.49. The Labute approximate surface area is 122 Å². The van der Waals surface area contributed by atoms with Gasteiger partial charge in [0.2, 0.25) is 5.91 Å². The number of alkyl halides is 1. The van der Waals surface area contributed by atoms with Gasteiger partial charge in [-0.25, -0.2) is 4.39 Å². The Morgan fingerprint density at radius 1 is 1.24 bits per heavy atom. The zero-order chi connectivity index (χ0) is 14.8. The van der Waals surface area contributed by atoms with Crippen molar-refractivity contribution < 1.29 is 18.4 Å². The van der Waals surface area contributed by atoms with Crippen LogP contribution in [-0.4, -0.2) is 53.5 Å². The molecule has 0 radical (unpaired) electrons. The summed E-state index contributed by atoms with van der Waals surface area (Å²) in [5.74, 6) is -0.384. The number of nitrogens with zero attached hydrogens (tertiary/aromatic N) is 2. The molecule has 2 fully saturated rings. The maximum atomic E-state index is 13.8. The van der Waals surface area contributed by atoms with E-state index in [9.17, 15) is 14.0 Å². The van der Waals surface area contributed by atoms with Crippen molar-refractivity contribution in [2.75, 3.05) is 19.6 Å². The Bertz CT molecular complexity index is 511. The van der Waals surface area contributed by atoms with Gasteiger partial charge in [-0.15, -0.1) is 0 Å². The van der Waals surface area contributed by atoms with E-state index < -0.39 is 18.1 Å². The quantitative estimate of drug-likeness (QED) is 0.836. The van der Waals surface area contributed by atoms with Crippen molar-refractivity contribution in [1.82, 2.24) is 9.80 Å². The van der Waals surface area contributed by atoms with Gasteiger partial charge in [0.05, 0.1) is 12.8 Å². The Kier molecular flexibility index (Phi) is 3.94. The first-order valence-electron chi connectivity index (χ1n) is 7.44. The summed E-state index contributed by atoms with van der Waals surface area (Å²) >= 11 is 0. The number of hydrogen-bond donors (Lipinski definition) is 0. The van der Waals surface area contributed by atoms with Gasteiger partial charge in [-0.1, -0.05) is 0 Å². The molecule has 0 saturated carbocycles. The van der Waals surface area contributed by atoms with Crippen LogP contribution < -0.4 is 0 Å². The third-order valence-electron chi connectivity index (χ3n) is 4.20. The average molecular weight is 294 g/mol. The molecular weight excluding hydrogens is 275 g/mol. The predicted octanol–water partition coefficient (Wildman–Crippen LogP) is 1.84. The van der Waals surface area contributed by atoms with Gasteiger partial charge in [0, 0.05) is 19.5 Å². The molecule has 2 amide bonds. The lowest BCUT2D eigenvalue weighted by atomic mass is 10.1. The highest BCUT2D eigenvalue weighted by Crippen LogP contribution is 2.25. The van der Waals surface area contributed by atoms with E-state index in [1.807, 2.05) is 0 Å². The molecule has 2 aliphatic rings. The number of hydrogen-bond acceptors (Lipinski definition) is 3. The molecule has 1 aromatic heterocycles. The van der Waals surface area contributed by atoms with Gasteiger partial charge >= 0.3 is 0 Å². The van der Waals surface area contributed by atoms with Crippen LogP contribution in [0.25, 0.3) is 0 Å². The Balaban J connectivity index is 1.75. The van der Waals surface area contributed by atoms with Gasteiger partial charge in [0.25, 0.3) is 5.91 Å². The maximum Gasteiger partial charge on any atom is 0.290 e. The third-order valence-corrected chi connectivity index (χ3v) is 4.20. The number of likely N-dealkylation sites (tertiary alicyclic amines) is 2. The van der Waals surface area contributed by atoms with Gasteiger partial charge in [0.1, 0.15) is 12.2 Å². The molecule has 0 spiro atoms. The van der Waals surface area contributed by atoms with E-state index in [1.54, 1.807) is 11.0 Å². The number of carbonyl (C=O) groups excluding carboxylic acids is 2. The molecule has 1 aromatic rings. The summed E-state index contributed by atoms with van der Waals surface area (Å²) in [5.41, 5.74) is 0. The highest BCUT2D eigenvalue weighted by atomic mass is 19.1. The van der Waals surface area contributed by atoms with E-state index in [2.05, 4.69) is 0 Å². The molecule has 5 nitrogen and oxygen atoms in total. The topological polar surface area (TPSA) is 53.8 Å². The summed E-state index contributed by atoms with van der Waals surface area (Å²) in [7, 11) is 0. The summed E-state index contributed by atoms with van der Waals surface area (Å²) in [4.78, 5) is 28.0. The minimum atomic E-state index is -1.15. The van der Waals surface area contributed by atoms with Crippen LogP contribution in [0.4, 0.5) is 4.39 Å². The lowest BCUT2D eigenvalue weighted by molar-refractivity contribution is -0.136. The van der Waals surface area contributed by atoms with E-state index in [-0.39, 0.29) is 24.6 Å². The van der Waals surface area contributed by atoms with Crippen molar-refractivity contribution in [3.05, 3.63) is 24.2 Å². The monoisotopic (exact) mass is 294 g/mol. The minimum absolute atomic E-state index is 0.0379. The number of amides is 2. The summed E-state index contributed by atoms with van der Waals surface area (Å²) in [6.45, 7) is 1.37. The number of furan rings is 1. The van der Waals surface area contributed by atoms with E-state index >= 15 is 0 Å². The third kappa shape index (κ3) is 2.80. The molecular formula is C15H19FN2O3. The van der Waals surface area contributed by atoms with Crippen molar-refractivity contribution in [1.29, 1.82) is 0 Å². The highest BCUT2D eigenvalue weighted by molar-refractivity contribution is 5.96. The largest absolute Gasteiger partial charge is 0.459 e. The molecule has 0 aromatic carbocycles. The summed E-state index contributed by atoms with van der Waals surface area (Å²) in [6.07, 6.45) is 3.41. The lowest BCUT2D eigenvalue weighted by Gasteiger charge is -2.32. The smallest absolute Gasteiger partial charge is 0.290 e. The van der Waals surface area contributed by atoms with Crippen LogP contribution in [0.1, 0.15) is 36.2 Å². The van der Waals surface area contributed by atoms with Crippen molar-refractivity contribution >= 4 is 11.8 Å². The molecule has 2 aliphatic heterocycles. The second kappa shape index (κ2) is 5.87. The normalized spacial score (nSPS) is 26.1. The standard InChI is InChI=1S/C15H19FN2O3/c16-11-9-12(14(19)17-6-2-1-3-7-17)18(10-11)15(20)13-5-4-8-21-13/h4-5,8,11-12H,1-3,6-7,9-10H2/t11-,12-/m0/s1. The molecule has 6 heteroatoms. The Morgan fingerprint density at radius 3 is 2.67 bits per heavy atom. The molecule has 0 aliphatic carbocycles. The minimum Gasteiger partial charge on any atom is -0.459 e. The summed E-state index contributed by atoms with van der Waals surface area (Å²) in [5, 5.41) is 0. The Morgan fingerprint density at radius 2 is 2.00 bits per heavy atom. The molecule has 3 heterocycles. The maximum absolute atomic E-state index is 13.8. The fourth-order valence-corrected chi connectivity index (χ4v) is 3.11. The molecule has 21 heavy (non-hydrogen) atoms. The molecule has 2 atom stereocenters. The molecule has 2 saturated heterocycles. The van der Waals surface area contributed by atoms with Crippen LogP contribution in [0.15, 0.2) is 22.8 Å². The first-order valence-corrected chi connectivity index (χ1v) is 7.44. The van der Waals surface area contributed by atoms with Crippen LogP contribution in [0.5, 0.6) is 0 Å². The van der Waals surface area contributed by atoms with Crippen molar-refractivity contribution in [2.24, 2.45) is 0 Å². The van der Waals surface area contributed by atoms with Gasteiger partial charge in [-0.05, 0) is 31.4 Å². The van der Waals surface area contributed by atoms with Crippen LogP contribution in [0.2, 0.25) is 0 Å². The van der Waals surface area contributed by atoms with E-state index in [4.69, 9.17) is 4.42 Å². The van der Waals surface area contributed by atoms with Gasteiger partial charge in [-0.3, -0.25) is 9.59 Å². The molecule has 0 unspecified atom stereocenters. The average Bonchev–Trinajstić information content (AvgIpc) is 3.16. The summed E-state index contributed by atoms with van der Waals surface area (Å²) in [6, 6.07) is 2.45. The van der Waals surface area contributed by atoms with Crippen LogP contribution in [0, 0.1) is 0 Å². The number of rotatable bonds is 2. The van der Waals surface area contributed by atoms with Gasteiger partial charge in [-0.2, -0.15) is 0 Å². The first-order chi connectivity index (χ1) is 10.2. The molecule has 0 bridgehead atoms. The fourth-order valence-electron chi connectivity index (χ4n) is 3.11.